The Morgan fingerprint density at radius 2 is 2.04 bits per heavy atom. The van der Waals surface area contributed by atoms with Crippen molar-refractivity contribution in [2.45, 2.75) is 6.92 Å². The molecular weight excluding hydrogens is 312 g/mol. The molecule has 1 heterocycles. The molecule has 0 aliphatic carbocycles. The first-order chi connectivity index (χ1) is 11.6. The highest BCUT2D eigenvalue weighted by Crippen LogP contribution is 2.30. The molecule has 7 nitrogen and oxygen atoms in total. The summed E-state index contributed by atoms with van der Waals surface area (Å²) in [5, 5.41) is 11.4. The van der Waals surface area contributed by atoms with Crippen LogP contribution in [0.25, 0.3) is 16.8 Å². The minimum absolute atomic E-state index is 0.0814. The van der Waals surface area contributed by atoms with E-state index in [2.05, 4.69) is 4.98 Å². The second kappa shape index (κ2) is 7.77. The fraction of sp³-hybridized carbons (Fsp3) is 0.118. The minimum Gasteiger partial charge on any atom is -0.462 e. The lowest BCUT2D eigenvalue weighted by Gasteiger charge is -2.08. The predicted molar refractivity (Wildman–Crippen MR) is 87.0 cm³/mol. The average Bonchev–Trinajstić information content (AvgIpc) is 2.60. The topological polar surface area (TPSA) is 99.4 Å². The monoisotopic (exact) mass is 326 g/mol. The Morgan fingerprint density at radius 3 is 2.62 bits per heavy atom. The number of pyridine rings is 1. The van der Waals surface area contributed by atoms with Gasteiger partial charge in [-0.2, -0.15) is 0 Å². The summed E-state index contributed by atoms with van der Waals surface area (Å²) in [6.45, 7) is 1.74. The van der Waals surface area contributed by atoms with Crippen LogP contribution < -0.4 is 0 Å². The molecule has 0 aliphatic rings. The normalized spacial score (nSPS) is 11.0. The molecular formula is C17H14N2O5. The van der Waals surface area contributed by atoms with Gasteiger partial charge >= 0.3 is 5.97 Å². The maximum Gasteiger partial charge on any atom is 0.338 e. The van der Waals surface area contributed by atoms with E-state index in [0.717, 1.165) is 6.08 Å². The van der Waals surface area contributed by atoms with Crippen LogP contribution >= 0.6 is 0 Å². The summed E-state index contributed by atoms with van der Waals surface area (Å²) in [6, 6.07) is 9.87. The molecule has 0 unspecified atom stereocenters. The number of allylic oxidation sites excluding steroid dienone is 1. The lowest BCUT2D eigenvalue weighted by molar-refractivity contribution is -0.384. The van der Waals surface area contributed by atoms with Gasteiger partial charge in [-0.05, 0) is 13.0 Å². The van der Waals surface area contributed by atoms with Gasteiger partial charge in [0.2, 0.25) is 0 Å². The third-order valence-corrected chi connectivity index (χ3v) is 3.15. The van der Waals surface area contributed by atoms with Gasteiger partial charge in [0.05, 0.1) is 17.1 Å². The van der Waals surface area contributed by atoms with Crippen LogP contribution in [0.2, 0.25) is 0 Å². The molecule has 0 bridgehead atoms. The Kier molecular flexibility index (Phi) is 5.51. The fourth-order valence-corrected chi connectivity index (χ4v) is 2.12. The lowest BCUT2D eigenvalue weighted by Crippen LogP contribution is -2.08. The van der Waals surface area contributed by atoms with Gasteiger partial charge in [0.15, 0.2) is 0 Å². The molecule has 2 rings (SSSR count). The Bertz CT molecular complexity index is 800. The van der Waals surface area contributed by atoms with Crippen LogP contribution in [0.4, 0.5) is 5.69 Å². The van der Waals surface area contributed by atoms with E-state index < -0.39 is 10.9 Å². The molecule has 0 amide bonds. The molecule has 122 valence electrons. The quantitative estimate of drug-likeness (QED) is 0.266. The summed E-state index contributed by atoms with van der Waals surface area (Å²) < 4.78 is 4.86. The summed E-state index contributed by atoms with van der Waals surface area (Å²) in [6.07, 6.45) is 2.73. The summed E-state index contributed by atoms with van der Waals surface area (Å²) in [7, 11) is 0. The minimum atomic E-state index is -0.742. The van der Waals surface area contributed by atoms with Crippen molar-refractivity contribution in [2.24, 2.45) is 0 Å². The Hall–Kier alpha value is -3.35. The Morgan fingerprint density at radius 1 is 1.33 bits per heavy atom. The molecule has 0 saturated carbocycles. The standard InChI is InChI=1S/C17H14N2O5/c1-2-24-17(21)14(8-9-20)13-10-15(19(22)23)16(18-11-13)12-6-4-3-5-7-12/h3-11H,2H2,1H3. The molecule has 0 N–H and O–H groups in total. The second-order valence-electron chi connectivity index (χ2n) is 4.65. The molecule has 0 atom stereocenters. The van der Waals surface area contributed by atoms with Crippen molar-refractivity contribution in [2.75, 3.05) is 6.61 Å². The van der Waals surface area contributed by atoms with Crippen molar-refractivity contribution >= 4 is 23.5 Å². The van der Waals surface area contributed by atoms with E-state index in [9.17, 15) is 19.7 Å². The van der Waals surface area contributed by atoms with Crippen molar-refractivity contribution in [1.29, 1.82) is 0 Å². The van der Waals surface area contributed by atoms with E-state index in [1.54, 1.807) is 37.3 Å². The van der Waals surface area contributed by atoms with Gasteiger partial charge in [0.25, 0.3) is 5.69 Å². The van der Waals surface area contributed by atoms with Crippen LogP contribution in [-0.2, 0) is 14.3 Å². The number of hydrogen-bond acceptors (Lipinski definition) is 6. The molecule has 0 fully saturated rings. The number of rotatable bonds is 6. The van der Waals surface area contributed by atoms with Crippen molar-refractivity contribution < 1.29 is 19.2 Å². The number of carbonyl (C=O) groups excluding carboxylic acids is 2. The van der Waals surface area contributed by atoms with E-state index in [1.807, 2.05) is 0 Å². The van der Waals surface area contributed by atoms with Crippen molar-refractivity contribution in [3.05, 3.63) is 64.3 Å². The van der Waals surface area contributed by atoms with Crippen LogP contribution in [0.3, 0.4) is 0 Å². The van der Waals surface area contributed by atoms with Gasteiger partial charge in [-0.3, -0.25) is 14.9 Å². The van der Waals surface area contributed by atoms with Crippen LogP contribution in [0.5, 0.6) is 0 Å². The molecule has 0 spiro atoms. The molecule has 2 aromatic rings. The van der Waals surface area contributed by atoms with Gasteiger partial charge in [-0.1, -0.05) is 30.3 Å². The summed E-state index contributed by atoms with van der Waals surface area (Å²) >= 11 is 0. The lowest BCUT2D eigenvalue weighted by atomic mass is 10.0. The molecule has 24 heavy (non-hydrogen) atoms. The third-order valence-electron chi connectivity index (χ3n) is 3.15. The first-order valence-electron chi connectivity index (χ1n) is 7.11. The number of aldehydes is 1. The molecule has 0 radical (unpaired) electrons. The largest absolute Gasteiger partial charge is 0.462 e. The Labute approximate surface area is 137 Å². The summed E-state index contributed by atoms with van der Waals surface area (Å²) in [5.41, 5.74) is 0.556. The number of ether oxygens (including phenoxy) is 1. The number of nitro groups is 1. The van der Waals surface area contributed by atoms with Crippen LogP contribution in [0.1, 0.15) is 12.5 Å². The van der Waals surface area contributed by atoms with Crippen LogP contribution in [-0.4, -0.2) is 28.8 Å². The highest BCUT2D eigenvalue weighted by molar-refractivity contribution is 6.19. The van der Waals surface area contributed by atoms with Gasteiger partial charge in [0.1, 0.15) is 12.0 Å². The van der Waals surface area contributed by atoms with Gasteiger partial charge in [-0.15, -0.1) is 0 Å². The fourth-order valence-electron chi connectivity index (χ4n) is 2.12. The van der Waals surface area contributed by atoms with E-state index >= 15 is 0 Å². The first kappa shape index (κ1) is 17.0. The maximum absolute atomic E-state index is 11.9. The molecule has 0 saturated heterocycles. The number of esters is 1. The van der Waals surface area contributed by atoms with E-state index in [1.165, 1.54) is 12.3 Å². The first-order valence-corrected chi connectivity index (χ1v) is 7.11. The number of nitrogens with zero attached hydrogens (tertiary/aromatic N) is 2. The molecule has 0 aliphatic heterocycles. The van der Waals surface area contributed by atoms with E-state index in [-0.39, 0.29) is 29.1 Å². The number of aromatic nitrogens is 1. The van der Waals surface area contributed by atoms with Crippen molar-refractivity contribution in [1.82, 2.24) is 4.98 Å². The average molecular weight is 326 g/mol. The van der Waals surface area contributed by atoms with Crippen molar-refractivity contribution in [3.8, 4) is 11.3 Å². The SMILES string of the molecule is CCOC(=O)C(=CC=O)c1cnc(-c2ccccc2)c([N+](=O)[O-])c1. The van der Waals surface area contributed by atoms with Crippen molar-refractivity contribution in [3.63, 3.8) is 0 Å². The summed E-state index contributed by atoms with van der Waals surface area (Å²) in [5.74, 6) is -0.742. The molecule has 7 heteroatoms. The molecule has 1 aromatic heterocycles. The van der Waals surface area contributed by atoms with Gasteiger partial charge in [0, 0.05) is 23.4 Å². The zero-order valence-corrected chi connectivity index (χ0v) is 12.8. The number of carbonyl (C=O) groups is 2. The maximum atomic E-state index is 11.9. The Balaban J connectivity index is 2.56. The highest BCUT2D eigenvalue weighted by Gasteiger charge is 2.21. The van der Waals surface area contributed by atoms with Crippen LogP contribution in [0, 0.1) is 10.1 Å². The zero-order chi connectivity index (χ0) is 17.5. The summed E-state index contributed by atoms with van der Waals surface area (Å²) in [4.78, 5) is 37.6. The zero-order valence-electron chi connectivity index (χ0n) is 12.8. The highest BCUT2D eigenvalue weighted by atomic mass is 16.6. The van der Waals surface area contributed by atoms with Gasteiger partial charge in [-0.25, -0.2) is 9.78 Å². The molecule has 1 aromatic carbocycles. The van der Waals surface area contributed by atoms with Crippen LogP contribution in [0.15, 0.2) is 48.7 Å². The van der Waals surface area contributed by atoms with E-state index in [0.29, 0.717) is 11.8 Å². The second-order valence-corrected chi connectivity index (χ2v) is 4.65. The van der Waals surface area contributed by atoms with Gasteiger partial charge < -0.3 is 4.74 Å². The predicted octanol–water partition coefficient (Wildman–Crippen LogP) is 2.80. The number of hydrogen-bond donors (Lipinski definition) is 0. The smallest absolute Gasteiger partial charge is 0.338 e. The number of benzene rings is 1. The van der Waals surface area contributed by atoms with E-state index in [4.69, 9.17) is 4.74 Å². The third kappa shape index (κ3) is 3.70.